The van der Waals surface area contributed by atoms with Crippen LogP contribution in [0.4, 0.5) is 0 Å². The maximum absolute atomic E-state index is 11.4. The Balaban J connectivity index is 3.38. The molecular formula is C17H28O8. The van der Waals surface area contributed by atoms with Gasteiger partial charge in [-0.15, -0.1) is 0 Å². The first-order valence-corrected chi connectivity index (χ1v) is 8.66. The minimum absolute atomic E-state index is 0.00130. The standard InChI is InChI=1S/C17H28O8/c18-14(19)8-4-2-1-3-5-10-16(22)24-12-13-25-17(23)11-7-6-9-15(20)21/h1-13H2,(H,18,19)(H,20,21). The SMILES string of the molecule is O=C(O)CCCCCCCC(=O)OCCOC(=O)CCCCC(=O)O. The molecule has 144 valence electrons. The van der Waals surface area contributed by atoms with Crippen molar-refractivity contribution in [3.05, 3.63) is 0 Å². The summed E-state index contributed by atoms with van der Waals surface area (Å²) < 4.78 is 9.81. The summed E-state index contributed by atoms with van der Waals surface area (Å²) in [5.41, 5.74) is 0. The average molecular weight is 360 g/mol. The van der Waals surface area contributed by atoms with Crippen LogP contribution in [-0.4, -0.2) is 47.3 Å². The smallest absolute Gasteiger partial charge is 0.305 e. The van der Waals surface area contributed by atoms with E-state index < -0.39 is 17.9 Å². The van der Waals surface area contributed by atoms with Gasteiger partial charge in [0.2, 0.25) is 0 Å². The Morgan fingerprint density at radius 1 is 0.520 bits per heavy atom. The van der Waals surface area contributed by atoms with Crippen molar-refractivity contribution in [2.24, 2.45) is 0 Å². The monoisotopic (exact) mass is 360 g/mol. The molecule has 8 heteroatoms. The lowest BCUT2D eigenvalue weighted by Crippen LogP contribution is -2.13. The Kier molecular flexibility index (Phi) is 14.1. The van der Waals surface area contributed by atoms with Crippen molar-refractivity contribution in [1.29, 1.82) is 0 Å². The van der Waals surface area contributed by atoms with E-state index in [2.05, 4.69) is 0 Å². The second kappa shape index (κ2) is 15.4. The van der Waals surface area contributed by atoms with Crippen LogP contribution in [0.2, 0.25) is 0 Å². The second-order valence-electron chi connectivity index (χ2n) is 5.70. The van der Waals surface area contributed by atoms with E-state index in [-0.39, 0.29) is 38.4 Å². The molecule has 0 saturated heterocycles. The molecule has 0 aromatic heterocycles. The summed E-state index contributed by atoms with van der Waals surface area (Å²) in [6, 6.07) is 0. The molecule has 0 rings (SSSR count). The minimum atomic E-state index is -0.888. The van der Waals surface area contributed by atoms with Crippen LogP contribution in [0.15, 0.2) is 0 Å². The molecule has 8 nitrogen and oxygen atoms in total. The van der Waals surface area contributed by atoms with Crippen molar-refractivity contribution in [3.8, 4) is 0 Å². The molecule has 0 spiro atoms. The maximum Gasteiger partial charge on any atom is 0.305 e. The van der Waals surface area contributed by atoms with Crippen molar-refractivity contribution in [2.45, 2.75) is 70.6 Å². The number of carboxylic acid groups (broad SMARTS) is 2. The predicted molar refractivity (Wildman–Crippen MR) is 88.0 cm³/mol. The summed E-state index contributed by atoms with van der Waals surface area (Å²) in [4.78, 5) is 43.4. The molecule has 0 aliphatic heterocycles. The highest BCUT2D eigenvalue weighted by atomic mass is 16.6. The first-order valence-electron chi connectivity index (χ1n) is 8.66. The van der Waals surface area contributed by atoms with Crippen LogP contribution in [-0.2, 0) is 28.7 Å². The zero-order valence-electron chi connectivity index (χ0n) is 14.5. The number of hydrogen-bond acceptors (Lipinski definition) is 6. The lowest BCUT2D eigenvalue weighted by Gasteiger charge is -2.06. The van der Waals surface area contributed by atoms with E-state index in [1.807, 2.05) is 0 Å². The molecule has 2 N–H and O–H groups in total. The Labute approximate surface area is 147 Å². The van der Waals surface area contributed by atoms with Crippen LogP contribution in [0.5, 0.6) is 0 Å². The van der Waals surface area contributed by atoms with Gasteiger partial charge in [0, 0.05) is 25.7 Å². The number of unbranched alkanes of at least 4 members (excludes halogenated alkanes) is 5. The van der Waals surface area contributed by atoms with Gasteiger partial charge in [-0.2, -0.15) is 0 Å². The molecule has 0 atom stereocenters. The number of ether oxygens (including phenoxy) is 2. The third-order valence-corrected chi connectivity index (χ3v) is 3.40. The van der Waals surface area contributed by atoms with E-state index in [1.54, 1.807) is 0 Å². The topological polar surface area (TPSA) is 127 Å². The Morgan fingerprint density at radius 3 is 1.28 bits per heavy atom. The molecule has 25 heavy (non-hydrogen) atoms. The molecular weight excluding hydrogens is 332 g/mol. The average Bonchev–Trinajstić information content (AvgIpc) is 2.54. The molecule has 0 aliphatic carbocycles. The first kappa shape index (κ1) is 22.9. The molecule has 0 amide bonds. The van der Waals surface area contributed by atoms with Crippen LogP contribution in [0, 0.1) is 0 Å². The molecule has 0 radical (unpaired) electrons. The molecule has 0 heterocycles. The van der Waals surface area contributed by atoms with Gasteiger partial charge in [-0.1, -0.05) is 19.3 Å². The lowest BCUT2D eigenvalue weighted by molar-refractivity contribution is -0.152. The molecule has 0 aromatic carbocycles. The number of carboxylic acids is 2. The molecule has 0 unspecified atom stereocenters. The molecule has 0 saturated carbocycles. The molecule has 0 aromatic rings. The molecule has 0 aliphatic rings. The first-order chi connectivity index (χ1) is 11.9. The summed E-state index contributed by atoms with van der Waals surface area (Å²) in [5, 5.41) is 16.9. The Morgan fingerprint density at radius 2 is 0.840 bits per heavy atom. The number of aliphatic carboxylic acids is 2. The fraction of sp³-hybridized carbons (Fsp3) is 0.765. The van der Waals surface area contributed by atoms with Gasteiger partial charge in [0.25, 0.3) is 0 Å². The number of carbonyl (C=O) groups excluding carboxylic acids is 2. The van der Waals surface area contributed by atoms with Gasteiger partial charge in [-0.3, -0.25) is 19.2 Å². The number of rotatable bonds is 16. The van der Waals surface area contributed by atoms with Crippen LogP contribution in [0.1, 0.15) is 70.6 Å². The number of esters is 2. The Bertz CT molecular complexity index is 419. The van der Waals surface area contributed by atoms with Gasteiger partial charge in [-0.05, 0) is 25.7 Å². The van der Waals surface area contributed by atoms with Gasteiger partial charge in [0.05, 0.1) is 0 Å². The van der Waals surface area contributed by atoms with Crippen molar-refractivity contribution in [1.82, 2.24) is 0 Å². The van der Waals surface area contributed by atoms with Gasteiger partial charge >= 0.3 is 23.9 Å². The molecule has 0 fully saturated rings. The van der Waals surface area contributed by atoms with Crippen molar-refractivity contribution in [3.63, 3.8) is 0 Å². The van der Waals surface area contributed by atoms with Crippen LogP contribution in [0.3, 0.4) is 0 Å². The van der Waals surface area contributed by atoms with Crippen molar-refractivity contribution in [2.75, 3.05) is 13.2 Å². The highest BCUT2D eigenvalue weighted by Gasteiger charge is 2.06. The van der Waals surface area contributed by atoms with Gasteiger partial charge in [0.15, 0.2) is 0 Å². The van der Waals surface area contributed by atoms with Crippen molar-refractivity contribution >= 4 is 23.9 Å². The summed E-state index contributed by atoms with van der Waals surface area (Å²) in [6.07, 6.45) is 5.46. The lowest BCUT2D eigenvalue weighted by atomic mass is 10.1. The largest absolute Gasteiger partial charge is 0.481 e. The van der Waals surface area contributed by atoms with Gasteiger partial charge < -0.3 is 19.7 Å². The second-order valence-corrected chi connectivity index (χ2v) is 5.70. The highest BCUT2D eigenvalue weighted by molar-refractivity contribution is 5.70. The van der Waals surface area contributed by atoms with E-state index in [9.17, 15) is 19.2 Å². The fourth-order valence-corrected chi connectivity index (χ4v) is 2.08. The fourth-order valence-electron chi connectivity index (χ4n) is 2.08. The third kappa shape index (κ3) is 18.1. The highest BCUT2D eigenvalue weighted by Crippen LogP contribution is 2.08. The summed E-state index contributed by atoms with van der Waals surface area (Å²) >= 11 is 0. The zero-order valence-corrected chi connectivity index (χ0v) is 14.5. The van der Waals surface area contributed by atoms with E-state index in [1.165, 1.54) is 0 Å². The minimum Gasteiger partial charge on any atom is -0.481 e. The quantitative estimate of drug-likeness (QED) is 0.317. The van der Waals surface area contributed by atoms with Crippen LogP contribution < -0.4 is 0 Å². The van der Waals surface area contributed by atoms with Gasteiger partial charge in [-0.25, -0.2) is 0 Å². The van der Waals surface area contributed by atoms with Crippen LogP contribution in [0.25, 0.3) is 0 Å². The van der Waals surface area contributed by atoms with E-state index in [4.69, 9.17) is 19.7 Å². The zero-order chi connectivity index (χ0) is 18.9. The van der Waals surface area contributed by atoms with Crippen molar-refractivity contribution < 1.29 is 38.9 Å². The van der Waals surface area contributed by atoms with E-state index in [0.717, 1.165) is 19.3 Å². The molecule has 0 bridgehead atoms. The third-order valence-electron chi connectivity index (χ3n) is 3.40. The summed E-state index contributed by atoms with van der Waals surface area (Å²) in [6.45, 7) is 0.0109. The summed E-state index contributed by atoms with van der Waals surface area (Å²) in [5.74, 6) is -2.45. The van der Waals surface area contributed by atoms with E-state index in [0.29, 0.717) is 32.1 Å². The number of hydrogen-bond donors (Lipinski definition) is 2. The normalized spacial score (nSPS) is 10.2. The van der Waals surface area contributed by atoms with Crippen LogP contribution >= 0.6 is 0 Å². The Hall–Kier alpha value is -2.12. The summed E-state index contributed by atoms with van der Waals surface area (Å²) in [7, 11) is 0. The van der Waals surface area contributed by atoms with Gasteiger partial charge in [0.1, 0.15) is 13.2 Å². The van der Waals surface area contributed by atoms with E-state index >= 15 is 0 Å². The maximum atomic E-state index is 11.4. The number of carbonyl (C=O) groups is 4. The predicted octanol–water partition coefficient (Wildman–Crippen LogP) is 2.53.